The standard InChI is InChI=1S/C10H11N3O/c1-2-7-3-5-8(6-4-7)9-12-10(11)14-13-9/h3-6H,2H2,1H3,(H2,11,12,13). The van der Waals surface area contributed by atoms with Crippen molar-refractivity contribution in [1.82, 2.24) is 10.1 Å². The van der Waals surface area contributed by atoms with Gasteiger partial charge in [0, 0.05) is 5.56 Å². The Morgan fingerprint density at radius 3 is 2.50 bits per heavy atom. The third-order valence-electron chi connectivity index (χ3n) is 2.06. The van der Waals surface area contributed by atoms with E-state index in [1.807, 2.05) is 24.3 Å². The first-order valence-corrected chi connectivity index (χ1v) is 4.48. The molecule has 0 saturated carbocycles. The molecule has 2 rings (SSSR count). The topological polar surface area (TPSA) is 64.9 Å². The number of aryl methyl sites for hydroxylation is 1. The Balaban J connectivity index is 2.33. The number of aromatic nitrogens is 2. The first-order chi connectivity index (χ1) is 6.79. The summed E-state index contributed by atoms with van der Waals surface area (Å²) >= 11 is 0. The molecule has 1 aromatic carbocycles. The minimum atomic E-state index is 0.0968. The second-order valence-electron chi connectivity index (χ2n) is 3.01. The first-order valence-electron chi connectivity index (χ1n) is 4.48. The number of nitrogens with two attached hydrogens (primary N) is 1. The molecular weight excluding hydrogens is 178 g/mol. The van der Waals surface area contributed by atoms with E-state index in [-0.39, 0.29) is 6.01 Å². The summed E-state index contributed by atoms with van der Waals surface area (Å²) < 4.78 is 4.69. The average Bonchev–Trinajstić information content (AvgIpc) is 2.65. The number of rotatable bonds is 2. The van der Waals surface area contributed by atoms with Crippen LogP contribution in [0, 0.1) is 0 Å². The van der Waals surface area contributed by atoms with E-state index in [2.05, 4.69) is 17.1 Å². The van der Waals surface area contributed by atoms with Crippen LogP contribution in [0.1, 0.15) is 12.5 Å². The molecule has 0 fully saturated rings. The molecular formula is C10H11N3O. The molecule has 0 saturated heterocycles. The lowest BCUT2D eigenvalue weighted by Crippen LogP contribution is -1.85. The van der Waals surface area contributed by atoms with Crippen molar-refractivity contribution >= 4 is 6.01 Å². The summed E-state index contributed by atoms with van der Waals surface area (Å²) in [6, 6.07) is 8.11. The van der Waals surface area contributed by atoms with Gasteiger partial charge >= 0.3 is 6.01 Å². The number of nitrogens with zero attached hydrogens (tertiary/aromatic N) is 2. The zero-order chi connectivity index (χ0) is 9.97. The molecule has 1 heterocycles. The van der Waals surface area contributed by atoms with Crippen LogP contribution in [0.5, 0.6) is 0 Å². The fourth-order valence-electron chi connectivity index (χ4n) is 1.24. The van der Waals surface area contributed by atoms with Gasteiger partial charge in [0.15, 0.2) is 0 Å². The molecule has 0 bridgehead atoms. The molecule has 72 valence electrons. The number of benzene rings is 1. The van der Waals surface area contributed by atoms with Crippen molar-refractivity contribution in [2.24, 2.45) is 0 Å². The molecule has 0 unspecified atom stereocenters. The van der Waals surface area contributed by atoms with Crippen LogP contribution in [-0.4, -0.2) is 10.1 Å². The Labute approximate surface area is 81.7 Å². The van der Waals surface area contributed by atoms with E-state index in [4.69, 9.17) is 10.3 Å². The summed E-state index contributed by atoms with van der Waals surface area (Å²) in [5, 5.41) is 3.73. The molecule has 14 heavy (non-hydrogen) atoms. The van der Waals surface area contributed by atoms with Gasteiger partial charge in [0.25, 0.3) is 0 Å². The summed E-state index contributed by atoms with van der Waals surface area (Å²) in [5.74, 6) is 0.533. The van der Waals surface area contributed by atoms with E-state index in [1.54, 1.807) is 0 Å². The summed E-state index contributed by atoms with van der Waals surface area (Å²) in [5.41, 5.74) is 7.53. The molecule has 0 aliphatic rings. The van der Waals surface area contributed by atoms with Gasteiger partial charge < -0.3 is 10.3 Å². The van der Waals surface area contributed by atoms with Crippen molar-refractivity contribution in [2.75, 3.05) is 5.73 Å². The molecule has 4 heteroatoms. The van der Waals surface area contributed by atoms with Gasteiger partial charge in [0.05, 0.1) is 0 Å². The zero-order valence-electron chi connectivity index (χ0n) is 7.90. The molecule has 0 atom stereocenters. The number of nitrogen functional groups attached to an aromatic ring is 1. The number of anilines is 1. The van der Waals surface area contributed by atoms with Crippen molar-refractivity contribution in [3.05, 3.63) is 29.8 Å². The maximum atomic E-state index is 5.33. The molecule has 0 radical (unpaired) electrons. The predicted molar refractivity (Wildman–Crippen MR) is 53.5 cm³/mol. The second-order valence-corrected chi connectivity index (χ2v) is 3.01. The third kappa shape index (κ3) is 1.59. The number of hydrogen-bond acceptors (Lipinski definition) is 4. The van der Waals surface area contributed by atoms with Gasteiger partial charge in [0.2, 0.25) is 5.82 Å². The molecule has 2 N–H and O–H groups in total. The molecule has 4 nitrogen and oxygen atoms in total. The van der Waals surface area contributed by atoms with Crippen molar-refractivity contribution in [1.29, 1.82) is 0 Å². The molecule has 0 spiro atoms. The quantitative estimate of drug-likeness (QED) is 0.783. The second kappa shape index (κ2) is 3.49. The van der Waals surface area contributed by atoms with Gasteiger partial charge in [-0.1, -0.05) is 36.3 Å². The molecule has 0 aliphatic heterocycles. The van der Waals surface area contributed by atoms with Crippen LogP contribution in [0.4, 0.5) is 6.01 Å². The monoisotopic (exact) mass is 189 g/mol. The van der Waals surface area contributed by atoms with Crippen LogP contribution < -0.4 is 5.73 Å². The Bertz CT molecular complexity index is 419. The summed E-state index contributed by atoms with van der Waals surface area (Å²) in [6.07, 6.45) is 1.02. The van der Waals surface area contributed by atoms with E-state index in [0.717, 1.165) is 12.0 Å². The van der Waals surface area contributed by atoms with Crippen LogP contribution in [0.2, 0.25) is 0 Å². The average molecular weight is 189 g/mol. The fourth-order valence-corrected chi connectivity index (χ4v) is 1.24. The predicted octanol–water partition coefficient (Wildman–Crippen LogP) is 1.88. The van der Waals surface area contributed by atoms with Gasteiger partial charge in [-0.15, -0.1) is 0 Å². The normalized spacial score (nSPS) is 10.4. The van der Waals surface area contributed by atoms with Crippen molar-refractivity contribution in [3.63, 3.8) is 0 Å². The van der Waals surface area contributed by atoms with Crippen LogP contribution in [0.3, 0.4) is 0 Å². The van der Waals surface area contributed by atoms with E-state index >= 15 is 0 Å². The third-order valence-corrected chi connectivity index (χ3v) is 2.06. The molecule has 2 aromatic rings. The van der Waals surface area contributed by atoms with Gasteiger partial charge in [-0.05, 0) is 12.0 Å². The highest BCUT2D eigenvalue weighted by atomic mass is 16.5. The van der Waals surface area contributed by atoms with Crippen LogP contribution >= 0.6 is 0 Å². The van der Waals surface area contributed by atoms with Gasteiger partial charge in [0.1, 0.15) is 0 Å². The Hall–Kier alpha value is -1.84. The Kier molecular flexibility index (Phi) is 2.18. The van der Waals surface area contributed by atoms with Crippen molar-refractivity contribution < 1.29 is 4.52 Å². The van der Waals surface area contributed by atoms with Crippen molar-refractivity contribution in [3.8, 4) is 11.4 Å². The lowest BCUT2D eigenvalue weighted by molar-refractivity contribution is 0.437. The maximum Gasteiger partial charge on any atom is 0.319 e. The highest BCUT2D eigenvalue weighted by molar-refractivity contribution is 5.55. The van der Waals surface area contributed by atoms with Gasteiger partial charge in [-0.3, -0.25) is 0 Å². The highest BCUT2D eigenvalue weighted by Crippen LogP contribution is 2.16. The lowest BCUT2D eigenvalue weighted by atomic mass is 10.1. The van der Waals surface area contributed by atoms with Crippen LogP contribution in [0.15, 0.2) is 28.8 Å². The molecule has 1 aromatic heterocycles. The lowest BCUT2D eigenvalue weighted by Gasteiger charge is -1.96. The summed E-state index contributed by atoms with van der Waals surface area (Å²) in [4.78, 5) is 3.94. The maximum absolute atomic E-state index is 5.33. The largest absolute Gasteiger partial charge is 0.351 e. The SMILES string of the molecule is CCc1ccc(-c2noc(N)n2)cc1. The highest BCUT2D eigenvalue weighted by Gasteiger charge is 2.04. The Morgan fingerprint density at radius 2 is 2.00 bits per heavy atom. The fraction of sp³-hybridized carbons (Fsp3) is 0.200. The Morgan fingerprint density at radius 1 is 1.29 bits per heavy atom. The summed E-state index contributed by atoms with van der Waals surface area (Å²) in [7, 11) is 0. The first kappa shape index (κ1) is 8.74. The van der Waals surface area contributed by atoms with E-state index in [1.165, 1.54) is 5.56 Å². The smallest absolute Gasteiger partial charge is 0.319 e. The molecule has 0 amide bonds. The van der Waals surface area contributed by atoms with E-state index in [9.17, 15) is 0 Å². The molecule has 0 aliphatic carbocycles. The van der Waals surface area contributed by atoms with E-state index in [0.29, 0.717) is 5.82 Å². The van der Waals surface area contributed by atoms with Gasteiger partial charge in [-0.25, -0.2) is 0 Å². The van der Waals surface area contributed by atoms with Gasteiger partial charge in [-0.2, -0.15) is 4.98 Å². The van der Waals surface area contributed by atoms with E-state index < -0.39 is 0 Å². The minimum Gasteiger partial charge on any atom is -0.351 e. The van der Waals surface area contributed by atoms with Crippen LogP contribution in [0.25, 0.3) is 11.4 Å². The van der Waals surface area contributed by atoms with Crippen molar-refractivity contribution in [2.45, 2.75) is 13.3 Å². The summed E-state index contributed by atoms with van der Waals surface area (Å²) in [6.45, 7) is 2.11. The number of hydrogen-bond donors (Lipinski definition) is 1. The van der Waals surface area contributed by atoms with Crippen LogP contribution in [-0.2, 0) is 6.42 Å². The minimum absolute atomic E-state index is 0.0968. The zero-order valence-corrected chi connectivity index (χ0v) is 7.90.